The summed E-state index contributed by atoms with van der Waals surface area (Å²) in [5.74, 6) is 3.46. The van der Waals surface area contributed by atoms with Crippen molar-refractivity contribution in [2.75, 3.05) is 0 Å². The van der Waals surface area contributed by atoms with Gasteiger partial charge in [0, 0.05) is 10.6 Å². The van der Waals surface area contributed by atoms with Crippen LogP contribution in [0.25, 0.3) is 11.5 Å². The van der Waals surface area contributed by atoms with Gasteiger partial charge in [0.25, 0.3) is 5.89 Å². The summed E-state index contributed by atoms with van der Waals surface area (Å²) in [6.07, 6.45) is 6.19. The van der Waals surface area contributed by atoms with Crippen LogP contribution in [0.15, 0.2) is 28.7 Å². The van der Waals surface area contributed by atoms with E-state index in [0.717, 1.165) is 17.4 Å². The number of halogens is 1. The molecule has 6 rings (SSSR count). The van der Waals surface area contributed by atoms with E-state index in [1.165, 1.54) is 32.1 Å². The van der Waals surface area contributed by atoms with E-state index in [1.807, 2.05) is 12.1 Å². The zero-order valence-electron chi connectivity index (χ0n) is 14.4. The van der Waals surface area contributed by atoms with E-state index in [4.69, 9.17) is 20.8 Å². The van der Waals surface area contributed by atoms with E-state index in [0.29, 0.717) is 28.6 Å². The summed E-state index contributed by atoms with van der Waals surface area (Å²) < 4.78 is 11.2. The topological polar surface area (TPSA) is 65.2 Å². The van der Waals surface area contributed by atoms with E-state index in [9.17, 15) is 4.79 Å². The normalized spacial score (nSPS) is 32.0. The molecule has 4 saturated carbocycles. The molecule has 136 valence electrons. The number of aromatic nitrogens is 2. The molecular formula is C20H21ClN2O3. The average Bonchev–Trinajstić information content (AvgIpc) is 3.08. The van der Waals surface area contributed by atoms with Crippen LogP contribution >= 0.6 is 11.6 Å². The molecule has 4 aliphatic rings. The van der Waals surface area contributed by atoms with Crippen molar-refractivity contribution in [3.63, 3.8) is 0 Å². The molecule has 0 amide bonds. The van der Waals surface area contributed by atoms with Crippen LogP contribution in [0.2, 0.25) is 5.02 Å². The SMILES string of the molecule is O=C(OCc1nnc(-c2ccc(Cl)cc2)o1)C1C2CC3CC(C2)CC1C3. The van der Waals surface area contributed by atoms with Gasteiger partial charge in [-0.05, 0) is 80.0 Å². The molecule has 1 heterocycles. The van der Waals surface area contributed by atoms with Gasteiger partial charge < -0.3 is 9.15 Å². The fourth-order valence-corrected chi connectivity index (χ4v) is 5.69. The van der Waals surface area contributed by atoms with Gasteiger partial charge in [-0.2, -0.15) is 0 Å². The van der Waals surface area contributed by atoms with Gasteiger partial charge in [0.2, 0.25) is 5.89 Å². The third-order valence-electron chi connectivity index (χ3n) is 6.39. The number of nitrogens with zero attached hydrogens (tertiary/aromatic N) is 2. The number of carbonyl (C=O) groups excluding carboxylic acids is 1. The van der Waals surface area contributed by atoms with E-state index in [-0.39, 0.29) is 18.5 Å². The van der Waals surface area contributed by atoms with Crippen molar-refractivity contribution < 1.29 is 13.9 Å². The second kappa shape index (κ2) is 6.38. The lowest BCUT2D eigenvalue weighted by atomic mass is 9.52. The largest absolute Gasteiger partial charge is 0.455 e. The Morgan fingerprint density at radius 3 is 2.35 bits per heavy atom. The lowest BCUT2D eigenvalue weighted by Gasteiger charge is -2.53. The van der Waals surface area contributed by atoms with Crippen LogP contribution in [0.3, 0.4) is 0 Å². The number of esters is 1. The van der Waals surface area contributed by atoms with Crippen molar-refractivity contribution in [1.29, 1.82) is 0 Å². The molecule has 2 aromatic rings. The number of hydrogen-bond donors (Lipinski definition) is 0. The predicted octanol–water partition coefficient (Wildman–Crippen LogP) is 4.51. The van der Waals surface area contributed by atoms with Gasteiger partial charge in [-0.15, -0.1) is 10.2 Å². The van der Waals surface area contributed by atoms with Crippen molar-refractivity contribution in [3.8, 4) is 11.5 Å². The predicted molar refractivity (Wildman–Crippen MR) is 95.1 cm³/mol. The number of hydrogen-bond acceptors (Lipinski definition) is 5. The Balaban J connectivity index is 1.23. The molecule has 26 heavy (non-hydrogen) atoms. The van der Waals surface area contributed by atoms with Gasteiger partial charge in [-0.25, -0.2) is 0 Å². The molecule has 0 radical (unpaired) electrons. The first-order valence-electron chi connectivity index (χ1n) is 9.40. The quantitative estimate of drug-likeness (QED) is 0.739. The first-order valence-corrected chi connectivity index (χ1v) is 9.78. The van der Waals surface area contributed by atoms with Crippen molar-refractivity contribution in [1.82, 2.24) is 10.2 Å². The molecule has 4 fully saturated rings. The Morgan fingerprint density at radius 1 is 1.04 bits per heavy atom. The number of benzene rings is 1. The minimum Gasteiger partial charge on any atom is -0.455 e. The van der Waals surface area contributed by atoms with Crippen LogP contribution in [0, 0.1) is 29.6 Å². The number of ether oxygens (including phenoxy) is 1. The highest BCUT2D eigenvalue weighted by atomic mass is 35.5. The number of carbonyl (C=O) groups is 1. The molecule has 1 aromatic carbocycles. The third-order valence-corrected chi connectivity index (χ3v) is 6.65. The molecule has 0 unspecified atom stereocenters. The monoisotopic (exact) mass is 372 g/mol. The van der Waals surface area contributed by atoms with E-state index < -0.39 is 0 Å². The highest BCUT2D eigenvalue weighted by Gasteiger charge is 2.51. The fourth-order valence-electron chi connectivity index (χ4n) is 5.56. The molecule has 0 N–H and O–H groups in total. The second-order valence-electron chi connectivity index (χ2n) is 8.07. The Labute approximate surface area is 157 Å². The summed E-state index contributed by atoms with van der Waals surface area (Å²) in [5, 5.41) is 8.68. The van der Waals surface area contributed by atoms with E-state index in [1.54, 1.807) is 12.1 Å². The molecule has 1 aromatic heterocycles. The van der Waals surface area contributed by atoms with Gasteiger partial charge in [0.1, 0.15) is 0 Å². The zero-order valence-corrected chi connectivity index (χ0v) is 15.2. The van der Waals surface area contributed by atoms with Crippen molar-refractivity contribution in [2.24, 2.45) is 29.6 Å². The maximum Gasteiger partial charge on any atom is 0.310 e. The first kappa shape index (κ1) is 16.3. The zero-order chi connectivity index (χ0) is 17.7. The summed E-state index contributed by atoms with van der Waals surface area (Å²) in [5.41, 5.74) is 0.792. The Kier molecular flexibility index (Phi) is 4.00. The maximum atomic E-state index is 12.7. The Bertz CT molecular complexity index is 789. The van der Waals surface area contributed by atoms with E-state index in [2.05, 4.69) is 10.2 Å². The average molecular weight is 373 g/mol. The van der Waals surface area contributed by atoms with Crippen LogP contribution < -0.4 is 0 Å². The molecule has 5 nitrogen and oxygen atoms in total. The Hall–Kier alpha value is -1.88. The fraction of sp³-hybridized carbons (Fsp3) is 0.550. The molecule has 0 saturated heterocycles. The summed E-state index contributed by atoms with van der Waals surface area (Å²) in [6, 6.07) is 7.18. The second-order valence-corrected chi connectivity index (χ2v) is 8.51. The van der Waals surface area contributed by atoms with Gasteiger partial charge in [0.15, 0.2) is 6.61 Å². The summed E-state index contributed by atoms with van der Waals surface area (Å²) in [4.78, 5) is 12.7. The smallest absolute Gasteiger partial charge is 0.310 e. The van der Waals surface area contributed by atoms with Gasteiger partial charge in [-0.3, -0.25) is 4.79 Å². The van der Waals surface area contributed by atoms with Crippen LogP contribution in [0.1, 0.15) is 38.0 Å². The van der Waals surface area contributed by atoms with Crippen molar-refractivity contribution in [3.05, 3.63) is 35.2 Å². The minimum absolute atomic E-state index is 0.0439. The van der Waals surface area contributed by atoms with Crippen LogP contribution in [-0.2, 0) is 16.1 Å². The third kappa shape index (κ3) is 2.92. The summed E-state index contributed by atoms with van der Waals surface area (Å²) in [7, 11) is 0. The van der Waals surface area contributed by atoms with Gasteiger partial charge in [0.05, 0.1) is 5.92 Å². The molecular weight excluding hydrogens is 352 g/mol. The molecule has 6 heteroatoms. The maximum absolute atomic E-state index is 12.7. The standard InChI is InChI=1S/C20H21ClN2O3/c21-16-3-1-13(2-4-16)19-23-22-17(26-19)10-25-20(24)18-14-6-11-5-12(8-14)9-15(18)7-11/h1-4,11-12,14-15,18H,5-10H2. The summed E-state index contributed by atoms with van der Waals surface area (Å²) in [6.45, 7) is 0.0439. The van der Waals surface area contributed by atoms with Crippen LogP contribution in [0.4, 0.5) is 0 Å². The Morgan fingerprint density at radius 2 is 1.69 bits per heavy atom. The highest BCUT2D eigenvalue weighted by Crippen LogP contribution is 2.56. The van der Waals surface area contributed by atoms with Crippen molar-refractivity contribution in [2.45, 2.75) is 38.7 Å². The lowest BCUT2D eigenvalue weighted by Crippen LogP contribution is -2.48. The molecule has 0 spiro atoms. The molecule has 4 bridgehead atoms. The first-order chi connectivity index (χ1) is 12.7. The van der Waals surface area contributed by atoms with Crippen LogP contribution in [0.5, 0.6) is 0 Å². The molecule has 4 aliphatic carbocycles. The highest BCUT2D eigenvalue weighted by molar-refractivity contribution is 6.30. The van der Waals surface area contributed by atoms with Gasteiger partial charge in [-0.1, -0.05) is 11.6 Å². The molecule has 0 aliphatic heterocycles. The van der Waals surface area contributed by atoms with Gasteiger partial charge >= 0.3 is 5.97 Å². The summed E-state index contributed by atoms with van der Waals surface area (Å²) >= 11 is 5.89. The van der Waals surface area contributed by atoms with E-state index >= 15 is 0 Å². The number of rotatable bonds is 4. The molecule has 0 atom stereocenters. The lowest BCUT2D eigenvalue weighted by molar-refractivity contribution is -0.164. The van der Waals surface area contributed by atoms with Crippen molar-refractivity contribution >= 4 is 17.6 Å². The van der Waals surface area contributed by atoms with Crippen LogP contribution in [-0.4, -0.2) is 16.2 Å². The minimum atomic E-state index is -0.0787.